The smallest absolute Gasteiger partial charge is 0.0533 e. The molecule has 0 saturated carbocycles. The standard InChI is InChI=1S/4C16H34/c4*1-3-5-7-9-11-13-15-16-14-12-10-8-6-4-2/h4*3-16H2,1-2H3. The van der Waals surface area contributed by atoms with Crippen molar-refractivity contribution in [3.05, 3.63) is 0 Å². The quantitative estimate of drug-likeness (QED) is 0.0534. The molecule has 0 aromatic rings. The van der Waals surface area contributed by atoms with Gasteiger partial charge < -0.3 is 0 Å². The molecule has 0 unspecified atom stereocenters. The van der Waals surface area contributed by atoms with Crippen molar-refractivity contribution in [1.29, 1.82) is 0 Å². The topological polar surface area (TPSA) is 0 Å². The van der Waals surface area contributed by atoms with Crippen LogP contribution in [0.25, 0.3) is 0 Å². The van der Waals surface area contributed by atoms with Gasteiger partial charge in [0.1, 0.15) is 0 Å². The first-order valence-electron chi connectivity index (χ1n) is 31.7. The van der Waals surface area contributed by atoms with E-state index < -0.39 is 0 Å². The highest BCUT2D eigenvalue weighted by Crippen LogP contribution is 2.16. The molecule has 0 N–H and O–H groups in total. The minimum atomic E-state index is 1.37. The summed E-state index contributed by atoms with van der Waals surface area (Å²) in [5, 5.41) is 0. The summed E-state index contributed by atoms with van der Waals surface area (Å²) in [4.78, 5) is 0. The number of hydrogen-bond donors (Lipinski definition) is 0. The maximum absolute atomic E-state index is 2.29. The third kappa shape index (κ3) is 85.3. The fourth-order valence-electron chi connectivity index (χ4n) is 9.07. The fraction of sp³-hybridized carbons (Fsp3) is 1.00. The number of unbranched alkanes of at least 4 members (excludes halogenated alkanes) is 52. The van der Waals surface area contributed by atoms with Gasteiger partial charge in [-0.3, -0.25) is 0 Å². The highest BCUT2D eigenvalue weighted by Gasteiger charge is 1.97. The van der Waals surface area contributed by atoms with Crippen molar-refractivity contribution in [3.8, 4) is 0 Å². The van der Waals surface area contributed by atoms with Gasteiger partial charge >= 0.3 is 0 Å². The molecule has 0 aliphatic carbocycles. The van der Waals surface area contributed by atoms with Crippen molar-refractivity contribution in [1.82, 2.24) is 0 Å². The van der Waals surface area contributed by atoms with Crippen LogP contribution in [0.5, 0.6) is 0 Å². The van der Waals surface area contributed by atoms with Crippen LogP contribution in [0.3, 0.4) is 0 Å². The van der Waals surface area contributed by atoms with E-state index >= 15 is 0 Å². The Hall–Kier alpha value is 0. The van der Waals surface area contributed by atoms with E-state index in [-0.39, 0.29) is 0 Å². The third-order valence-electron chi connectivity index (χ3n) is 13.8. The second kappa shape index (κ2) is 77.2. The van der Waals surface area contributed by atoms with Crippen LogP contribution in [0, 0.1) is 0 Å². The third-order valence-corrected chi connectivity index (χ3v) is 13.8. The summed E-state index contributed by atoms with van der Waals surface area (Å²) in [5.41, 5.74) is 0. The van der Waals surface area contributed by atoms with Crippen molar-refractivity contribution < 1.29 is 0 Å². The molecular weight excluding hydrogens is 769 g/mol. The minimum absolute atomic E-state index is 1.37. The van der Waals surface area contributed by atoms with E-state index in [0.717, 1.165) is 0 Å². The molecule has 0 saturated heterocycles. The van der Waals surface area contributed by atoms with Gasteiger partial charge in [0.2, 0.25) is 0 Å². The Bertz CT molecular complexity index is 482. The molecule has 0 aliphatic rings. The molecule has 0 heterocycles. The molecule has 0 heteroatoms. The highest BCUT2D eigenvalue weighted by molar-refractivity contribution is 4.52. The Labute approximate surface area is 413 Å². The van der Waals surface area contributed by atoms with E-state index in [1.54, 1.807) is 0 Å². The van der Waals surface area contributed by atoms with Crippen LogP contribution in [0.15, 0.2) is 0 Å². The van der Waals surface area contributed by atoms with Gasteiger partial charge in [0, 0.05) is 0 Å². The Morgan fingerprint density at radius 3 is 0.172 bits per heavy atom. The van der Waals surface area contributed by atoms with Crippen LogP contribution in [-0.4, -0.2) is 0 Å². The predicted octanol–water partition coefficient (Wildman–Crippen LogP) is 26.0. The minimum Gasteiger partial charge on any atom is -0.0654 e. The molecule has 0 fully saturated rings. The van der Waals surface area contributed by atoms with Gasteiger partial charge in [-0.1, -0.05) is 415 Å². The molecule has 0 atom stereocenters. The molecule has 0 radical (unpaired) electrons. The van der Waals surface area contributed by atoms with Gasteiger partial charge in [0.05, 0.1) is 0 Å². The van der Waals surface area contributed by atoms with Crippen LogP contribution in [0.1, 0.15) is 415 Å². The monoisotopic (exact) mass is 905 g/mol. The second-order valence-electron chi connectivity index (χ2n) is 21.0. The summed E-state index contributed by atoms with van der Waals surface area (Å²) in [6, 6.07) is 0. The van der Waals surface area contributed by atoms with Crippen molar-refractivity contribution in [2.24, 2.45) is 0 Å². The van der Waals surface area contributed by atoms with Gasteiger partial charge in [-0.25, -0.2) is 0 Å². The lowest BCUT2D eigenvalue weighted by Gasteiger charge is -2.02. The molecule has 0 aromatic carbocycles. The summed E-state index contributed by atoms with van der Waals surface area (Å²) in [7, 11) is 0. The normalized spacial score (nSPS) is 10.9. The highest BCUT2D eigenvalue weighted by atomic mass is 14.0. The number of rotatable bonds is 52. The van der Waals surface area contributed by atoms with Crippen LogP contribution >= 0.6 is 0 Å². The lowest BCUT2D eigenvalue weighted by atomic mass is 10.0. The Balaban J connectivity index is -0.000000375. The molecule has 0 aromatic heterocycles. The van der Waals surface area contributed by atoms with Crippen LogP contribution < -0.4 is 0 Å². The van der Waals surface area contributed by atoms with Gasteiger partial charge in [0.25, 0.3) is 0 Å². The summed E-state index contributed by atoms with van der Waals surface area (Å²) in [6.45, 7) is 18.3. The summed E-state index contributed by atoms with van der Waals surface area (Å²) in [6.07, 6.45) is 81.7. The first kappa shape index (κ1) is 70.6. The summed E-state index contributed by atoms with van der Waals surface area (Å²) >= 11 is 0. The maximum Gasteiger partial charge on any atom is -0.0533 e. The van der Waals surface area contributed by atoms with Gasteiger partial charge in [-0.2, -0.15) is 0 Å². The summed E-state index contributed by atoms with van der Waals surface area (Å²) in [5.74, 6) is 0. The Morgan fingerprint density at radius 1 is 0.0781 bits per heavy atom. The van der Waals surface area contributed by atoms with Crippen LogP contribution in [0.2, 0.25) is 0 Å². The predicted molar refractivity (Wildman–Crippen MR) is 304 cm³/mol. The second-order valence-corrected chi connectivity index (χ2v) is 21.0. The first-order valence-corrected chi connectivity index (χ1v) is 31.7. The van der Waals surface area contributed by atoms with Crippen molar-refractivity contribution >= 4 is 0 Å². The zero-order valence-electron chi connectivity index (χ0n) is 47.6. The van der Waals surface area contributed by atoms with E-state index in [4.69, 9.17) is 0 Å². The molecule has 0 spiro atoms. The van der Waals surface area contributed by atoms with Crippen LogP contribution in [0.4, 0.5) is 0 Å². The van der Waals surface area contributed by atoms with Gasteiger partial charge in [0.15, 0.2) is 0 Å². The SMILES string of the molecule is CCCCCCCCCCCCCCCC.CCCCCCCCCCCCCCCC.CCCCCCCCCCCCCCCC.CCCCCCCCCCCCCCCC. The molecule has 0 nitrogen and oxygen atoms in total. The Morgan fingerprint density at radius 2 is 0.125 bits per heavy atom. The van der Waals surface area contributed by atoms with Gasteiger partial charge in [-0.15, -0.1) is 0 Å². The molecule has 0 amide bonds. The maximum atomic E-state index is 2.29. The molecular formula is C64H136. The number of hydrogen-bond acceptors (Lipinski definition) is 0. The zero-order chi connectivity index (χ0) is 47.6. The first-order chi connectivity index (χ1) is 31.7. The largest absolute Gasteiger partial charge is 0.0654 e. The molecule has 0 bridgehead atoms. The molecule has 392 valence electrons. The Kier molecular flexibility index (Phi) is 85.1. The van der Waals surface area contributed by atoms with E-state index in [0.29, 0.717) is 0 Å². The average molecular weight is 906 g/mol. The van der Waals surface area contributed by atoms with Crippen molar-refractivity contribution in [2.45, 2.75) is 415 Å². The fourth-order valence-corrected chi connectivity index (χ4v) is 9.07. The average Bonchev–Trinajstić information content (AvgIpc) is 3.31. The summed E-state index contributed by atoms with van der Waals surface area (Å²) < 4.78 is 0. The van der Waals surface area contributed by atoms with E-state index in [2.05, 4.69) is 55.4 Å². The van der Waals surface area contributed by atoms with Crippen LogP contribution in [-0.2, 0) is 0 Å². The lowest BCUT2D eigenvalue weighted by Crippen LogP contribution is -1.82. The lowest BCUT2D eigenvalue weighted by molar-refractivity contribution is 0.538. The molecule has 0 aliphatic heterocycles. The van der Waals surface area contributed by atoms with E-state index in [9.17, 15) is 0 Å². The van der Waals surface area contributed by atoms with Gasteiger partial charge in [-0.05, 0) is 0 Å². The molecule has 0 rings (SSSR count). The van der Waals surface area contributed by atoms with Crippen molar-refractivity contribution in [3.63, 3.8) is 0 Å². The molecule has 64 heavy (non-hydrogen) atoms. The van der Waals surface area contributed by atoms with E-state index in [1.165, 1.54) is 360 Å². The van der Waals surface area contributed by atoms with E-state index in [1.807, 2.05) is 0 Å². The van der Waals surface area contributed by atoms with Crippen molar-refractivity contribution in [2.75, 3.05) is 0 Å². The zero-order valence-corrected chi connectivity index (χ0v) is 47.6.